The number of aromatic hydroxyl groups is 1. The smallest absolute Gasteiger partial charge is 0.115 e. The van der Waals surface area contributed by atoms with Crippen LogP contribution in [0.1, 0.15) is 17.9 Å². The van der Waals surface area contributed by atoms with Gasteiger partial charge in [0.15, 0.2) is 0 Å². The van der Waals surface area contributed by atoms with Gasteiger partial charge in [-0.2, -0.15) is 0 Å². The quantitative estimate of drug-likeness (QED) is 0.765. The number of phenolic OH excluding ortho intramolecular Hbond substituents is 1. The molecule has 4 nitrogen and oxygen atoms in total. The molecular formula is C12H18BrNO3. The zero-order chi connectivity index (χ0) is 11.5. The van der Waals surface area contributed by atoms with Gasteiger partial charge in [-0.25, -0.2) is 0 Å². The van der Waals surface area contributed by atoms with Crippen LogP contribution in [-0.4, -0.2) is 46.1 Å². The molecule has 0 spiro atoms. The van der Waals surface area contributed by atoms with E-state index in [1.165, 1.54) is 0 Å². The Morgan fingerprint density at radius 3 is 2.41 bits per heavy atom. The molecule has 0 bridgehead atoms. The fraction of sp³-hybridized carbons (Fsp3) is 0.500. The van der Waals surface area contributed by atoms with Gasteiger partial charge in [-0.1, -0.05) is 12.1 Å². The molecule has 0 aliphatic carbocycles. The van der Waals surface area contributed by atoms with Crippen LogP contribution in [0.3, 0.4) is 0 Å². The second-order valence-corrected chi connectivity index (χ2v) is 4.27. The summed E-state index contributed by atoms with van der Waals surface area (Å²) in [5, 5.41) is 28.2. The molecule has 0 saturated carbocycles. The molecule has 17 heavy (non-hydrogen) atoms. The number of β-amino-alcohol motifs (C(OH)–C–C–N with tert-alkyl or cyclic N) is 1. The summed E-state index contributed by atoms with van der Waals surface area (Å²) < 4.78 is 0. The number of benzene rings is 1. The van der Waals surface area contributed by atoms with E-state index in [9.17, 15) is 10.2 Å². The van der Waals surface area contributed by atoms with E-state index in [1.807, 2.05) is 17.0 Å². The number of hydrogen-bond acceptors (Lipinski definition) is 4. The third-order valence-electron chi connectivity index (χ3n) is 3.19. The van der Waals surface area contributed by atoms with Crippen molar-refractivity contribution in [2.45, 2.75) is 18.4 Å². The molecule has 1 aliphatic heterocycles. The van der Waals surface area contributed by atoms with Gasteiger partial charge in [0.1, 0.15) is 5.75 Å². The van der Waals surface area contributed by atoms with Crippen LogP contribution in [0.15, 0.2) is 24.3 Å². The molecule has 2 unspecified atom stereocenters. The van der Waals surface area contributed by atoms with Crippen molar-refractivity contribution in [2.24, 2.45) is 0 Å². The lowest BCUT2D eigenvalue weighted by Gasteiger charge is -2.35. The third-order valence-corrected chi connectivity index (χ3v) is 3.19. The fourth-order valence-electron chi connectivity index (χ4n) is 2.24. The summed E-state index contributed by atoms with van der Waals surface area (Å²) in [4.78, 5) is 1.82. The molecule has 2 rings (SSSR count). The lowest BCUT2D eigenvalue weighted by Crippen LogP contribution is -2.43. The van der Waals surface area contributed by atoms with Gasteiger partial charge in [-0.3, -0.25) is 4.90 Å². The first-order valence-electron chi connectivity index (χ1n) is 5.51. The van der Waals surface area contributed by atoms with Crippen LogP contribution in [0.25, 0.3) is 0 Å². The Kier molecular flexibility index (Phi) is 5.39. The van der Waals surface area contributed by atoms with Gasteiger partial charge in [0.05, 0.1) is 12.8 Å². The van der Waals surface area contributed by atoms with E-state index in [0.717, 1.165) is 18.5 Å². The minimum Gasteiger partial charge on any atom is -0.508 e. The maximum Gasteiger partial charge on any atom is 0.115 e. The summed E-state index contributed by atoms with van der Waals surface area (Å²) in [5.41, 5.74) is 1.04. The van der Waals surface area contributed by atoms with Crippen molar-refractivity contribution in [3.8, 4) is 5.75 Å². The first-order valence-corrected chi connectivity index (χ1v) is 5.51. The van der Waals surface area contributed by atoms with Crippen molar-refractivity contribution < 1.29 is 15.3 Å². The highest BCUT2D eigenvalue weighted by molar-refractivity contribution is 8.93. The van der Waals surface area contributed by atoms with Crippen LogP contribution in [0, 0.1) is 0 Å². The van der Waals surface area contributed by atoms with Gasteiger partial charge in [0.25, 0.3) is 0 Å². The molecule has 1 aromatic carbocycles. The number of hydrogen-bond donors (Lipinski definition) is 3. The predicted molar refractivity (Wildman–Crippen MR) is 70.5 cm³/mol. The maximum absolute atomic E-state index is 9.98. The fourth-order valence-corrected chi connectivity index (χ4v) is 2.24. The van der Waals surface area contributed by atoms with E-state index in [4.69, 9.17) is 5.11 Å². The monoisotopic (exact) mass is 303 g/mol. The number of rotatable bonds is 2. The molecule has 2 atom stereocenters. The molecule has 0 radical (unpaired) electrons. The van der Waals surface area contributed by atoms with Crippen molar-refractivity contribution >= 4 is 17.0 Å². The van der Waals surface area contributed by atoms with E-state index in [1.54, 1.807) is 12.1 Å². The second-order valence-electron chi connectivity index (χ2n) is 4.27. The SMILES string of the molecule is Br.OCN1CCC(c2ccc(O)cc2)C(O)C1. The minimum absolute atomic E-state index is 0. The highest BCUT2D eigenvalue weighted by atomic mass is 79.9. The Morgan fingerprint density at radius 2 is 1.88 bits per heavy atom. The lowest BCUT2D eigenvalue weighted by atomic mass is 9.87. The largest absolute Gasteiger partial charge is 0.508 e. The van der Waals surface area contributed by atoms with Crippen molar-refractivity contribution in [1.82, 2.24) is 4.90 Å². The Labute approximate surface area is 111 Å². The van der Waals surface area contributed by atoms with Gasteiger partial charge >= 0.3 is 0 Å². The zero-order valence-electron chi connectivity index (χ0n) is 9.49. The molecule has 3 N–H and O–H groups in total. The Morgan fingerprint density at radius 1 is 1.24 bits per heavy atom. The van der Waals surface area contributed by atoms with Crippen LogP contribution in [0.5, 0.6) is 5.75 Å². The molecule has 1 fully saturated rings. The molecule has 0 amide bonds. The summed E-state index contributed by atoms with van der Waals surface area (Å²) in [6, 6.07) is 6.97. The number of aliphatic hydroxyl groups is 2. The standard InChI is InChI=1S/C12H17NO3.BrH/c14-8-13-6-5-11(12(16)7-13)9-1-3-10(15)4-2-9;/h1-4,11-12,14-16H,5-8H2;1H. The van der Waals surface area contributed by atoms with Crippen molar-refractivity contribution in [3.63, 3.8) is 0 Å². The molecular weight excluding hydrogens is 286 g/mol. The van der Waals surface area contributed by atoms with E-state index in [0.29, 0.717) is 6.54 Å². The van der Waals surface area contributed by atoms with Gasteiger partial charge < -0.3 is 15.3 Å². The van der Waals surface area contributed by atoms with Gasteiger partial charge in [0, 0.05) is 19.0 Å². The summed E-state index contributed by atoms with van der Waals surface area (Å²) in [6.07, 6.45) is 0.373. The molecule has 5 heteroatoms. The molecule has 0 aromatic heterocycles. The highest BCUT2D eigenvalue weighted by Gasteiger charge is 2.28. The van der Waals surface area contributed by atoms with Crippen LogP contribution in [-0.2, 0) is 0 Å². The van der Waals surface area contributed by atoms with Crippen LogP contribution in [0.4, 0.5) is 0 Å². The van der Waals surface area contributed by atoms with E-state index in [2.05, 4.69) is 0 Å². The predicted octanol–water partition coefficient (Wildman–Crippen LogP) is 1.07. The highest BCUT2D eigenvalue weighted by Crippen LogP contribution is 2.29. The van der Waals surface area contributed by atoms with Crippen LogP contribution >= 0.6 is 17.0 Å². The van der Waals surface area contributed by atoms with E-state index in [-0.39, 0.29) is 35.4 Å². The van der Waals surface area contributed by atoms with Gasteiger partial charge in [-0.15, -0.1) is 17.0 Å². The first-order chi connectivity index (χ1) is 7.70. The zero-order valence-corrected chi connectivity index (χ0v) is 11.2. The minimum atomic E-state index is -0.453. The molecule has 1 saturated heterocycles. The Hall–Kier alpha value is -0.620. The summed E-state index contributed by atoms with van der Waals surface area (Å²) in [6.45, 7) is 1.29. The summed E-state index contributed by atoms with van der Waals surface area (Å²) in [5.74, 6) is 0.342. The number of likely N-dealkylation sites (tertiary alicyclic amines) is 1. The van der Waals surface area contributed by atoms with Gasteiger partial charge in [-0.05, 0) is 24.1 Å². The number of phenols is 1. The van der Waals surface area contributed by atoms with Crippen molar-refractivity contribution in [1.29, 1.82) is 0 Å². The number of nitrogens with zero attached hydrogens (tertiary/aromatic N) is 1. The number of piperidine rings is 1. The van der Waals surface area contributed by atoms with Crippen LogP contribution < -0.4 is 0 Å². The lowest BCUT2D eigenvalue weighted by molar-refractivity contribution is 0.00772. The maximum atomic E-state index is 9.98. The second kappa shape index (κ2) is 6.35. The van der Waals surface area contributed by atoms with Gasteiger partial charge in [0.2, 0.25) is 0 Å². The molecule has 1 aliphatic rings. The Balaban J connectivity index is 0.00000144. The third kappa shape index (κ3) is 3.42. The average Bonchev–Trinajstić information content (AvgIpc) is 2.30. The first kappa shape index (κ1) is 14.4. The topological polar surface area (TPSA) is 63.9 Å². The summed E-state index contributed by atoms with van der Waals surface area (Å²) in [7, 11) is 0. The normalized spacial score (nSPS) is 25.3. The van der Waals surface area contributed by atoms with Crippen molar-refractivity contribution in [2.75, 3.05) is 19.8 Å². The van der Waals surface area contributed by atoms with E-state index >= 15 is 0 Å². The van der Waals surface area contributed by atoms with Crippen LogP contribution in [0.2, 0.25) is 0 Å². The van der Waals surface area contributed by atoms with Crippen molar-refractivity contribution in [3.05, 3.63) is 29.8 Å². The Bertz CT molecular complexity index is 344. The molecule has 1 heterocycles. The number of aliphatic hydroxyl groups excluding tert-OH is 2. The average molecular weight is 304 g/mol. The summed E-state index contributed by atoms with van der Waals surface area (Å²) >= 11 is 0. The van der Waals surface area contributed by atoms with E-state index < -0.39 is 6.10 Å². The molecule has 96 valence electrons. The number of halogens is 1. The molecule has 1 aromatic rings.